The van der Waals surface area contributed by atoms with Gasteiger partial charge in [-0.15, -0.1) is 0 Å². The molecule has 0 aliphatic carbocycles. The van der Waals surface area contributed by atoms with E-state index in [2.05, 4.69) is 9.97 Å². The third kappa shape index (κ3) is 3.46. The molecule has 1 unspecified atom stereocenters. The fourth-order valence-electron chi connectivity index (χ4n) is 2.91. The Kier molecular flexibility index (Phi) is 4.80. The quantitative estimate of drug-likeness (QED) is 0.814. The number of nitrogens with zero attached hydrogens (tertiary/aromatic N) is 3. The van der Waals surface area contributed by atoms with Crippen LogP contribution >= 0.6 is 0 Å². The first-order valence-electron chi connectivity index (χ1n) is 7.67. The molecule has 26 heavy (non-hydrogen) atoms. The van der Waals surface area contributed by atoms with Gasteiger partial charge in [0, 0.05) is 32.0 Å². The minimum Gasteiger partial charge on any atom is -0.347 e. The fraction of sp³-hybridized carbons (Fsp3) is 0.400. The molecule has 0 saturated carbocycles. The predicted octanol–water partition coefficient (Wildman–Crippen LogP) is 2.25. The molecule has 2 heterocycles. The molecule has 0 radical (unpaired) electrons. The second kappa shape index (κ2) is 6.63. The van der Waals surface area contributed by atoms with Crippen molar-refractivity contribution in [3.63, 3.8) is 0 Å². The molecule has 142 valence electrons. The second-order valence-electron chi connectivity index (χ2n) is 5.97. The zero-order chi connectivity index (χ0) is 19.1. The van der Waals surface area contributed by atoms with Crippen LogP contribution in [0.15, 0.2) is 35.5 Å². The first-order chi connectivity index (χ1) is 12.1. The Bertz CT molecular complexity index is 884. The number of alkyl halides is 3. The standard InChI is InChI=1S/C15H16F4N4O2S/c1-22-6-7-23(9-12(22)14-20-4-5-21-14)26(24,25)13-3-2-10(16)8-11(13)15(17,18)19/h2-5,8,12H,6-7,9H2,1H3,(H,20,21). The van der Waals surface area contributed by atoms with Gasteiger partial charge < -0.3 is 4.98 Å². The van der Waals surface area contributed by atoms with Crippen molar-refractivity contribution in [2.24, 2.45) is 0 Å². The Morgan fingerprint density at radius 1 is 1.27 bits per heavy atom. The van der Waals surface area contributed by atoms with Crippen LogP contribution in [0.4, 0.5) is 17.6 Å². The zero-order valence-electron chi connectivity index (χ0n) is 13.7. The Balaban J connectivity index is 1.99. The molecule has 1 saturated heterocycles. The number of imidazole rings is 1. The van der Waals surface area contributed by atoms with Crippen LogP contribution in [0.25, 0.3) is 0 Å². The van der Waals surface area contributed by atoms with Crippen molar-refractivity contribution >= 4 is 10.0 Å². The minimum absolute atomic E-state index is 0.0186. The van der Waals surface area contributed by atoms with E-state index in [1.54, 1.807) is 13.2 Å². The number of rotatable bonds is 3. The lowest BCUT2D eigenvalue weighted by Crippen LogP contribution is -2.49. The molecule has 0 amide bonds. The average Bonchev–Trinajstić information content (AvgIpc) is 3.08. The summed E-state index contributed by atoms with van der Waals surface area (Å²) >= 11 is 0. The number of nitrogens with one attached hydrogen (secondary N) is 1. The summed E-state index contributed by atoms with van der Waals surface area (Å²) < 4.78 is 79.6. The van der Waals surface area contributed by atoms with E-state index in [-0.39, 0.29) is 19.2 Å². The van der Waals surface area contributed by atoms with Gasteiger partial charge in [0.2, 0.25) is 10.0 Å². The topological polar surface area (TPSA) is 69.3 Å². The molecule has 3 rings (SSSR count). The van der Waals surface area contributed by atoms with E-state index in [4.69, 9.17) is 0 Å². The molecule has 1 aromatic heterocycles. The predicted molar refractivity (Wildman–Crippen MR) is 84.1 cm³/mol. The van der Waals surface area contributed by atoms with Crippen LogP contribution in [0.1, 0.15) is 17.4 Å². The highest BCUT2D eigenvalue weighted by molar-refractivity contribution is 7.89. The van der Waals surface area contributed by atoms with Crippen molar-refractivity contribution in [3.8, 4) is 0 Å². The van der Waals surface area contributed by atoms with Crippen LogP contribution in [0.3, 0.4) is 0 Å². The summed E-state index contributed by atoms with van der Waals surface area (Å²) in [5.74, 6) is -0.634. The summed E-state index contributed by atoms with van der Waals surface area (Å²) in [6.45, 7) is 0.263. The molecule has 1 aliphatic heterocycles. The molecule has 1 fully saturated rings. The Morgan fingerprint density at radius 2 is 2.00 bits per heavy atom. The SMILES string of the molecule is CN1CCN(S(=O)(=O)c2ccc(F)cc2C(F)(F)F)CC1c1ncc[nH]1. The largest absolute Gasteiger partial charge is 0.417 e. The van der Waals surface area contributed by atoms with Gasteiger partial charge >= 0.3 is 6.18 Å². The van der Waals surface area contributed by atoms with E-state index >= 15 is 0 Å². The first-order valence-corrected chi connectivity index (χ1v) is 9.11. The average molecular weight is 392 g/mol. The van der Waals surface area contributed by atoms with Crippen molar-refractivity contribution in [3.05, 3.63) is 47.8 Å². The Hall–Kier alpha value is -1.98. The number of aromatic nitrogens is 2. The summed E-state index contributed by atoms with van der Waals surface area (Å²) in [5, 5.41) is 0. The molecule has 1 atom stereocenters. The van der Waals surface area contributed by atoms with E-state index < -0.39 is 38.5 Å². The van der Waals surface area contributed by atoms with Gasteiger partial charge in [-0.25, -0.2) is 17.8 Å². The van der Waals surface area contributed by atoms with Crippen molar-refractivity contribution < 1.29 is 26.0 Å². The lowest BCUT2D eigenvalue weighted by atomic mass is 10.2. The van der Waals surface area contributed by atoms with Gasteiger partial charge in [-0.2, -0.15) is 17.5 Å². The lowest BCUT2D eigenvalue weighted by Gasteiger charge is -2.37. The summed E-state index contributed by atoms with van der Waals surface area (Å²) in [7, 11) is -2.69. The van der Waals surface area contributed by atoms with Gasteiger partial charge in [0.15, 0.2) is 0 Å². The molecular formula is C15H16F4N4O2S. The maximum absolute atomic E-state index is 13.3. The molecular weight excluding hydrogens is 376 g/mol. The van der Waals surface area contributed by atoms with Crippen LogP contribution in [-0.4, -0.2) is 54.3 Å². The van der Waals surface area contributed by atoms with Gasteiger partial charge in [0.1, 0.15) is 11.6 Å². The summed E-state index contributed by atoms with van der Waals surface area (Å²) in [4.78, 5) is 7.90. The van der Waals surface area contributed by atoms with Crippen LogP contribution in [0.5, 0.6) is 0 Å². The molecule has 0 bridgehead atoms. The third-order valence-electron chi connectivity index (χ3n) is 4.31. The number of hydrogen-bond donors (Lipinski definition) is 1. The van der Waals surface area contributed by atoms with Crippen molar-refractivity contribution in [2.45, 2.75) is 17.1 Å². The number of H-pyrrole nitrogens is 1. The van der Waals surface area contributed by atoms with Crippen LogP contribution in [0.2, 0.25) is 0 Å². The molecule has 6 nitrogen and oxygen atoms in total. The van der Waals surface area contributed by atoms with Crippen LogP contribution in [0, 0.1) is 5.82 Å². The van der Waals surface area contributed by atoms with Gasteiger partial charge in [-0.3, -0.25) is 4.90 Å². The van der Waals surface area contributed by atoms with Crippen molar-refractivity contribution in [2.75, 3.05) is 26.7 Å². The first kappa shape index (κ1) is 18.8. The van der Waals surface area contributed by atoms with Gasteiger partial charge in [0.05, 0.1) is 16.5 Å². The maximum Gasteiger partial charge on any atom is 0.417 e. The molecule has 11 heteroatoms. The number of likely N-dealkylation sites (N-methyl/N-ethyl adjacent to an activating group) is 1. The Labute approximate surface area is 147 Å². The summed E-state index contributed by atoms with van der Waals surface area (Å²) in [5.41, 5.74) is -1.51. The van der Waals surface area contributed by atoms with Crippen molar-refractivity contribution in [1.82, 2.24) is 19.2 Å². The van der Waals surface area contributed by atoms with E-state index in [1.807, 2.05) is 4.90 Å². The number of aromatic amines is 1. The highest BCUT2D eigenvalue weighted by Crippen LogP contribution is 2.36. The van der Waals surface area contributed by atoms with Gasteiger partial charge in [0.25, 0.3) is 0 Å². The molecule has 1 aliphatic rings. The zero-order valence-corrected chi connectivity index (χ0v) is 14.5. The summed E-state index contributed by atoms with van der Waals surface area (Å²) in [6, 6.07) is 1.14. The molecule has 1 aromatic carbocycles. The molecule has 2 aromatic rings. The molecule has 0 spiro atoms. The highest BCUT2D eigenvalue weighted by Gasteiger charge is 2.41. The number of hydrogen-bond acceptors (Lipinski definition) is 4. The number of benzene rings is 1. The summed E-state index contributed by atoms with van der Waals surface area (Å²) in [6.07, 6.45) is -1.89. The van der Waals surface area contributed by atoms with E-state index in [9.17, 15) is 26.0 Å². The van der Waals surface area contributed by atoms with E-state index in [0.717, 1.165) is 4.31 Å². The lowest BCUT2D eigenvalue weighted by molar-refractivity contribution is -0.140. The van der Waals surface area contributed by atoms with E-state index in [1.165, 1.54) is 6.20 Å². The second-order valence-corrected chi connectivity index (χ2v) is 7.88. The smallest absolute Gasteiger partial charge is 0.347 e. The van der Waals surface area contributed by atoms with Crippen LogP contribution < -0.4 is 0 Å². The maximum atomic E-state index is 13.3. The van der Waals surface area contributed by atoms with Crippen LogP contribution in [-0.2, 0) is 16.2 Å². The van der Waals surface area contributed by atoms with Gasteiger partial charge in [-0.05, 0) is 25.2 Å². The highest BCUT2D eigenvalue weighted by atomic mass is 32.2. The Morgan fingerprint density at radius 3 is 2.62 bits per heavy atom. The molecule has 1 N–H and O–H groups in total. The number of sulfonamides is 1. The monoisotopic (exact) mass is 392 g/mol. The third-order valence-corrected chi connectivity index (χ3v) is 6.23. The number of halogens is 4. The fourth-order valence-corrected chi connectivity index (χ4v) is 4.54. The minimum atomic E-state index is -4.99. The van der Waals surface area contributed by atoms with Gasteiger partial charge in [-0.1, -0.05) is 0 Å². The van der Waals surface area contributed by atoms with E-state index in [0.29, 0.717) is 24.5 Å². The normalized spacial score (nSPS) is 20.4. The van der Waals surface area contributed by atoms with Crippen molar-refractivity contribution in [1.29, 1.82) is 0 Å². The number of piperazine rings is 1.